The van der Waals surface area contributed by atoms with Crippen LogP contribution in [0.2, 0.25) is 0 Å². The van der Waals surface area contributed by atoms with Gasteiger partial charge in [-0.05, 0) is 40.7 Å². The van der Waals surface area contributed by atoms with E-state index in [1.165, 1.54) is 0 Å². The molecule has 0 saturated heterocycles. The first-order chi connectivity index (χ1) is 18.2. The summed E-state index contributed by atoms with van der Waals surface area (Å²) in [5.41, 5.74) is 5.06. The third-order valence-corrected chi connectivity index (χ3v) is 6.76. The minimum atomic E-state index is -0.302. The van der Waals surface area contributed by atoms with E-state index in [-0.39, 0.29) is 30.3 Å². The summed E-state index contributed by atoms with van der Waals surface area (Å²) >= 11 is 0. The van der Waals surface area contributed by atoms with Gasteiger partial charge in [-0.15, -0.1) is 0 Å². The van der Waals surface area contributed by atoms with Crippen molar-refractivity contribution in [1.82, 2.24) is 14.4 Å². The van der Waals surface area contributed by atoms with Crippen LogP contribution in [0.25, 0.3) is 0 Å². The van der Waals surface area contributed by atoms with Crippen molar-refractivity contribution in [2.75, 3.05) is 32.1 Å². The number of hydrogen-bond donors (Lipinski definition) is 1. The fourth-order valence-corrected chi connectivity index (χ4v) is 4.49. The van der Waals surface area contributed by atoms with E-state index in [9.17, 15) is 9.59 Å². The molecule has 1 aromatic heterocycles. The van der Waals surface area contributed by atoms with Gasteiger partial charge >= 0.3 is 6.03 Å². The number of methoxy groups -OCH3 is 1. The summed E-state index contributed by atoms with van der Waals surface area (Å²) in [7, 11) is 3.57. The third-order valence-electron chi connectivity index (χ3n) is 6.76. The van der Waals surface area contributed by atoms with Gasteiger partial charge in [-0.2, -0.15) is 0 Å². The fraction of sp³-hybridized carbons (Fsp3) is 0.419. The predicted octanol–water partition coefficient (Wildman–Crippen LogP) is 5.98. The molecule has 0 unspecified atom stereocenters. The molecule has 1 N–H and O–H groups in total. The van der Waals surface area contributed by atoms with Gasteiger partial charge in [0.1, 0.15) is 6.54 Å². The summed E-state index contributed by atoms with van der Waals surface area (Å²) in [6.07, 6.45) is 1.97. The number of nitrogens with one attached hydrogen (secondary N) is 1. The number of hydrogen-bond acceptors (Lipinski definition) is 3. The van der Waals surface area contributed by atoms with Crippen molar-refractivity contribution in [2.45, 2.75) is 52.6 Å². The van der Waals surface area contributed by atoms with E-state index >= 15 is 0 Å². The van der Waals surface area contributed by atoms with Crippen molar-refractivity contribution in [1.29, 1.82) is 0 Å². The van der Waals surface area contributed by atoms with Crippen LogP contribution in [-0.4, -0.2) is 53.1 Å². The molecule has 38 heavy (non-hydrogen) atoms. The van der Waals surface area contributed by atoms with Gasteiger partial charge in [0.2, 0.25) is 5.91 Å². The van der Waals surface area contributed by atoms with Crippen LogP contribution >= 0.6 is 0 Å². The molecule has 3 rings (SSSR count). The van der Waals surface area contributed by atoms with Gasteiger partial charge in [0.15, 0.2) is 0 Å². The smallest absolute Gasteiger partial charge is 0.322 e. The van der Waals surface area contributed by atoms with E-state index < -0.39 is 0 Å². The quantitative estimate of drug-likeness (QED) is 0.321. The van der Waals surface area contributed by atoms with Crippen molar-refractivity contribution in [3.63, 3.8) is 0 Å². The van der Waals surface area contributed by atoms with Crippen LogP contribution in [0.3, 0.4) is 0 Å². The molecule has 7 nitrogen and oxygen atoms in total. The largest absolute Gasteiger partial charge is 0.383 e. The number of carbonyl (C=O) groups is 2. The van der Waals surface area contributed by atoms with Gasteiger partial charge < -0.3 is 24.4 Å². The van der Waals surface area contributed by atoms with E-state index in [1.807, 2.05) is 66.3 Å². The molecule has 0 bridgehead atoms. The van der Waals surface area contributed by atoms with E-state index in [2.05, 4.69) is 45.1 Å². The predicted molar refractivity (Wildman–Crippen MR) is 153 cm³/mol. The zero-order valence-corrected chi connectivity index (χ0v) is 23.6. The summed E-state index contributed by atoms with van der Waals surface area (Å²) in [5.74, 6) is 0.358. The number of carbonyl (C=O) groups excluding carboxylic acids is 2. The van der Waals surface area contributed by atoms with Crippen molar-refractivity contribution in [2.24, 2.45) is 7.05 Å². The Labute approximate surface area is 227 Å². The molecule has 0 spiro atoms. The van der Waals surface area contributed by atoms with Crippen LogP contribution in [-0.2, 0) is 29.7 Å². The number of aromatic nitrogens is 1. The summed E-state index contributed by atoms with van der Waals surface area (Å²) in [6, 6.07) is 19.7. The zero-order chi connectivity index (χ0) is 27.7. The van der Waals surface area contributed by atoms with Crippen LogP contribution in [0.4, 0.5) is 10.5 Å². The number of rotatable bonds is 12. The summed E-state index contributed by atoms with van der Waals surface area (Å²) in [6.45, 7) is 9.96. The van der Waals surface area contributed by atoms with Gasteiger partial charge in [0.25, 0.3) is 0 Å². The SMILES string of the molecule is COCCN(CC(=O)N(Cc1ccccc1)Cc1cccn1C)C(=O)Nc1c(C(C)C)cccc1C(C)C. The van der Waals surface area contributed by atoms with Gasteiger partial charge in [0, 0.05) is 44.8 Å². The third kappa shape index (κ3) is 7.71. The van der Waals surface area contributed by atoms with Crippen LogP contribution in [0.5, 0.6) is 0 Å². The van der Waals surface area contributed by atoms with Gasteiger partial charge in [0.05, 0.1) is 13.2 Å². The number of amides is 3. The molecule has 3 amide bonds. The molecule has 204 valence electrons. The summed E-state index contributed by atoms with van der Waals surface area (Å²) in [5, 5.41) is 3.16. The van der Waals surface area contributed by atoms with Gasteiger partial charge in [-0.3, -0.25) is 4.79 Å². The number of anilines is 1. The molecule has 0 radical (unpaired) electrons. The van der Waals surface area contributed by atoms with Crippen LogP contribution in [0, 0.1) is 0 Å². The van der Waals surface area contributed by atoms with E-state index in [0.717, 1.165) is 28.1 Å². The molecule has 0 saturated carbocycles. The normalized spacial score (nSPS) is 11.2. The fourth-order valence-electron chi connectivity index (χ4n) is 4.49. The molecular formula is C31H42N4O3. The standard InChI is InChI=1S/C31H42N4O3/c1-23(2)27-15-10-16-28(24(3)4)30(27)32-31(37)34(18-19-38-6)22-29(36)35(20-25-12-8-7-9-13-25)21-26-14-11-17-33(26)5/h7-17,23-24H,18-22H2,1-6H3,(H,32,37). The highest BCUT2D eigenvalue weighted by Gasteiger charge is 2.24. The number of urea groups is 1. The maximum absolute atomic E-state index is 13.7. The molecule has 0 fully saturated rings. The molecule has 0 aliphatic heterocycles. The Balaban J connectivity index is 1.86. The van der Waals surface area contributed by atoms with Gasteiger partial charge in [-0.1, -0.05) is 76.2 Å². The van der Waals surface area contributed by atoms with Crippen molar-refractivity contribution in [3.8, 4) is 0 Å². The molecule has 0 atom stereocenters. The molecule has 2 aromatic carbocycles. The average Bonchev–Trinajstić information content (AvgIpc) is 3.30. The minimum Gasteiger partial charge on any atom is -0.383 e. The first-order valence-electron chi connectivity index (χ1n) is 13.3. The monoisotopic (exact) mass is 518 g/mol. The van der Waals surface area contributed by atoms with Crippen molar-refractivity contribution < 1.29 is 14.3 Å². The highest BCUT2D eigenvalue weighted by atomic mass is 16.5. The Hall–Kier alpha value is -3.58. The maximum atomic E-state index is 13.7. The highest BCUT2D eigenvalue weighted by Crippen LogP contribution is 2.32. The second-order valence-electron chi connectivity index (χ2n) is 10.3. The summed E-state index contributed by atoms with van der Waals surface area (Å²) in [4.78, 5) is 30.7. The lowest BCUT2D eigenvalue weighted by Gasteiger charge is -2.29. The summed E-state index contributed by atoms with van der Waals surface area (Å²) < 4.78 is 7.30. The second kappa shape index (κ2) is 13.8. The minimum absolute atomic E-state index is 0.0483. The van der Waals surface area contributed by atoms with E-state index in [4.69, 9.17) is 4.74 Å². The molecule has 0 aliphatic carbocycles. The molecular weight excluding hydrogens is 476 g/mol. The molecule has 3 aromatic rings. The van der Waals surface area contributed by atoms with Crippen LogP contribution in [0.15, 0.2) is 66.9 Å². The lowest BCUT2D eigenvalue weighted by molar-refractivity contribution is -0.133. The average molecular weight is 519 g/mol. The lowest BCUT2D eigenvalue weighted by atomic mass is 9.93. The molecule has 7 heteroatoms. The van der Waals surface area contributed by atoms with Crippen LogP contribution in [0.1, 0.15) is 61.9 Å². The number of benzene rings is 2. The Morgan fingerprint density at radius 2 is 1.53 bits per heavy atom. The highest BCUT2D eigenvalue weighted by molar-refractivity contribution is 5.94. The molecule has 0 aliphatic rings. The Kier molecular flexibility index (Phi) is 10.5. The van der Waals surface area contributed by atoms with E-state index in [0.29, 0.717) is 26.2 Å². The first-order valence-corrected chi connectivity index (χ1v) is 13.3. The first kappa shape index (κ1) is 29.0. The topological polar surface area (TPSA) is 66.8 Å². The number of para-hydroxylation sites is 1. The Bertz CT molecular complexity index is 1160. The maximum Gasteiger partial charge on any atom is 0.322 e. The van der Waals surface area contributed by atoms with Crippen molar-refractivity contribution in [3.05, 3.63) is 89.2 Å². The zero-order valence-electron chi connectivity index (χ0n) is 23.6. The van der Waals surface area contributed by atoms with Crippen LogP contribution < -0.4 is 5.32 Å². The van der Waals surface area contributed by atoms with Crippen molar-refractivity contribution >= 4 is 17.6 Å². The molecule has 1 heterocycles. The van der Waals surface area contributed by atoms with E-state index in [1.54, 1.807) is 16.9 Å². The Morgan fingerprint density at radius 1 is 0.868 bits per heavy atom. The number of aryl methyl sites for hydroxylation is 1. The number of ether oxygens (including phenoxy) is 1. The number of nitrogens with zero attached hydrogens (tertiary/aromatic N) is 3. The van der Waals surface area contributed by atoms with Gasteiger partial charge in [-0.25, -0.2) is 4.79 Å². The lowest BCUT2D eigenvalue weighted by Crippen LogP contribution is -2.45. The Morgan fingerprint density at radius 3 is 2.08 bits per heavy atom. The second-order valence-corrected chi connectivity index (χ2v) is 10.3.